The Labute approximate surface area is 144 Å². The summed E-state index contributed by atoms with van der Waals surface area (Å²) < 4.78 is 18.1. The summed E-state index contributed by atoms with van der Waals surface area (Å²) in [7, 11) is 3.09. The van der Waals surface area contributed by atoms with Crippen molar-refractivity contribution in [3.05, 3.63) is 0 Å². The molecule has 1 heterocycles. The molecule has 0 aromatic heterocycles. The van der Waals surface area contributed by atoms with Crippen molar-refractivity contribution in [2.45, 2.75) is 76.6 Å². The summed E-state index contributed by atoms with van der Waals surface area (Å²) in [5.41, 5.74) is 0. The number of hydrogen-bond donors (Lipinski definition) is 2. The van der Waals surface area contributed by atoms with E-state index < -0.39 is 8.56 Å². The molecule has 1 rings (SSSR count). The molecule has 1 aliphatic heterocycles. The Morgan fingerprint density at radius 3 is 2.17 bits per heavy atom. The van der Waals surface area contributed by atoms with Crippen molar-refractivity contribution in [1.29, 1.82) is 0 Å². The Hall–Kier alpha value is 0.0169. The Balaban J connectivity index is 0.00000149. The molecule has 6 heteroatoms. The lowest BCUT2D eigenvalue weighted by Gasteiger charge is -2.52. The van der Waals surface area contributed by atoms with E-state index in [9.17, 15) is 0 Å². The third-order valence-corrected chi connectivity index (χ3v) is 9.20. The molecule has 0 spiro atoms. The van der Waals surface area contributed by atoms with Crippen LogP contribution < -0.4 is 5.32 Å². The van der Waals surface area contributed by atoms with Gasteiger partial charge in [0.25, 0.3) is 0 Å². The molecule has 5 nitrogen and oxygen atoms in total. The molecule has 1 fully saturated rings. The first-order chi connectivity index (χ1) is 11.1. The molecule has 23 heavy (non-hydrogen) atoms. The van der Waals surface area contributed by atoms with E-state index in [0.717, 1.165) is 38.3 Å². The SMILES string of the molecule is CCCCNC1CCC[Si](OC)(OC)C1(CCC)OC.CCO. The second-order valence-electron chi connectivity index (χ2n) is 6.07. The summed E-state index contributed by atoms with van der Waals surface area (Å²) in [5.74, 6) is 0. The van der Waals surface area contributed by atoms with E-state index in [0.29, 0.717) is 6.04 Å². The summed E-state index contributed by atoms with van der Waals surface area (Å²) in [6.07, 6.45) is 6.82. The van der Waals surface area contributed by atoms with Crippen molar-refractivity contribution in [2.75, 3.05) is 34.5 Å². The Morgan fingerprint density at radius 1 is 1.13 bits per heavy atom. The topological polar surface area (TPSA) is 60.0 Å². The molecule has 0 radical (unpaired) electrons. The van der Waals surface area contributed by atoms with Crippen molar-refractivity contribution in [2.24, 2.45) is 0 Å². The van der Waals surface area contributed by atoms with Gasteiger partial charge in [0, 0.05) is 34.0 Å². The number of rotatable bonds is 9. The first kappa shape index (κ1) is 23.0. The second-order valence-corrected chi connectivity index (χ2v) is 9.74. The molecule has 1 saturated heterocycles. The Bertz CT molecular complexity index is 290. The van der Waals surface area contributed by atoms with Gasteiger partial charge in [-0.2, -0.15) is 0 Å². The molecule has 2 atom stereocenters. The van der Waals surface area contributed by atoms with Crippen LogP contribution in [0.5, 0.6) is 0 Å². The van der Waals surface area contributed by atoms with E-state index in [1.54, 1.807) is 21.1 Å². The van der Waals surface area contributed by atoms with Gasteiger partial charge in [-0.05, 0) is 45.2 Å². The molecule has 1 aliphatic rings. The minimum absolute atomic E-state index is 0.250. The number of ether oxygens (including phenoxy) is 1. The highest BCUT2D eigenvalue weighted by Gasteiger charge is 2.62. The van der Waals surface area contributed by atoms with Crippen LogP contribution in [0.4, 0.5) is 0 Å². The standard InChI is InChI=1S/C15H33NO3Si.C2H6O/c1-6-8-12-16-14-10-9-13-20(18-4,19-5)15(14,17-3)11-7-2;1-2-3/h14,16H,6-13H2,1-5H3;3H,2H2,1H3. The summed E-state index contributed by atoms with van der Waals surface area (Å²) in [6.45, 7) is 7.42. The van der Waals surface area contributed by atoms with Crippen LogP contribution >= 0.6 is 0 Å². The molecule has 0 saturated carbocycles. The molecule has 0 amide bonds. The maximum atomic E-state index is 7.57. The predicted octanol–water partition coefficient (Wildman–Crippen LogP) is 3.00. The van der Waals surface area contributed by atoms with Gasteiger partial charge >= 0.3 is 8.56 Å². The fraction of sp³-hybridized carbons (Fsp3) is 1.00. The monoisotopic (exact) mass is 349 g/mol. The highest BCUT2D eigenvalue weighted by atomic mass is 28.4. The quantitative estimate of drug-likeness (QED) is 0.495. The highest BCUT2D eigenvalue weighted by Crippen LogP contribution is 2.43. The number of aliphatic hydroxyl groups excluding tert-OH is 1. The van der Waals surface area contributed by atoms with Gasteiger partial charge in [-0.1, -0.05) is 26.7 Å². The fourth-order valence-electron chi connectivity index (χ4n) is 3.74. The number of unbranched alkanes of at least 4 members (excludes halogenated alkanes) is 1. The zero-order chi connectivity index (χ0) is 17.8. The van der Waals surface area contributed by atoms with E-state index >= 15 is 0 Å². The average molecular weight is 350 g/mol. The van der Waals surface area contributed by atoms with Crippen LogP contribution in [-0.4, -0.2) is 59.4 Å². The molecular weight excluding hydrogens is 310 g/mol. The minimum atomic E-state index is -2.34. The lowest BCUT2D eigenvalue weighted by molar-refractivity contribution is -0.0372. The zero-order valence-electron chi connectivity index (χ0n) is 16.1. The van der Waals surface area contributed by atoms with Gasteiger partial charge in [-0.15, -0.1) is 0 Å². The van der Waals surface area contributed by atoms with Gasteiger partial charge in [0.15, 0.2) is 0 Å². The molecule has 140 valence electrons. The number of hydrogen-bond acceptors (Lipinski definition) is 5. The smallest absolute Gasteiger partial charge is 0.372 e. The van der Waals surface area contributed by atoms with Crippen LogP contribution in [0.25, 0.3) is 0 Å². The first-order valence-electron chi connectivity index (χ1n) is 9.07. The van der Waals surface area contributed by atoms with Gasteiger partial charge in [-0.25, -0.2) is 0 Å². The maximum absolute atomic E-state index is 7.57. The minimum Gasteiger partial charge on any atom is -0.397 e. The fourth-order valence-corrected chi connectivity index (χ4v) is 7.82. The summed E-state index contributed by atoms with van der Waals surface area (Å²) >= 11 is 0. The normalized spacial score (nSPS) is 26.5. The largest absolute Gasteiger partial charge is 0.397 e. The van der Waals surface area contributed by atoms with Crippen LogP contribution in [0, 0.1) is 0 Å². The van der Waals surface area contributed by atoms with E-state index in [-0.39, 0.29) is 11.8 Å². The first-order valence-corrected chi connectivity index (χ1v) is 11.1. The summed E-state index contributed by atoms with van der Waals surface area (Å²) in [5, 5.41) is 11.0. The van der Waals surface area contributed by atoms with Crippen molar-refractivity contribution < 1.29 is 18.7 Å². The van der Waals surface area contributed by atoms with E-state index in [1.807, 2.05) is 7.11 Å². The van der Waals surface area contributed by atoms with Crippen molar-refractivity contribution >= 4 is 8.56 Å². The molecule has 0 aromatic carbocycles. The third kappa shape index (κ3) is 5.51. The van der Waals surface area contributed by atoms with Gasteiger partial charge in [0.1, 0.15) is 5.22 Å². The van der Waals surface area contributed by atoms with Crippen LogP contribution in [0.3, 0.4) is 0 Å². The van der Waals surface area contributed by atoms with E-state index in [4.69, 9.17) is 18.7 Å². The summed E-state index contributed by atoms with van der Waals surface area (Å²) in [4.78, 5) is 0. The molecular formula is C17H39NO4Si. The van der Waals surface area contributed by atoms with Crippen LogP contribution in [0.2, 0.25) is 6.04 Å². The number of aliphatic hydroxyl groups is 1. The van der Waals surface area contributed by atoms with Crippen molar-refractivity contribution in [3.8, 4) is 0 Å². The van der Waals surface area contributed by atoms with Gasteiger partial charge in [0.2, 0.25) is 0 Å². The molecule has 2 N–H and O–H groups in total. The van der Waals surface area contributed by atoms with Gasteiger partial charge in [-0.3, -0.25) is 0 Å². The highest BCUT2D eigenvalue weighted by molar-refractivity contribution is 6.71. The van der Waals surface area contributed by atoms with Crippen molar-refractivity contribution in [1.82, 2.24) is 5.32 Å². The molecule has 2 unspecified atom stereocenters. The predicted molar refractivity (Wildman–Crippen MR) is 97.9 cm³/mol. The Kier molecular flexibility index (Phi) is 12.4. The lowest BCUT2D eigenvalue weighted by Crippen LogP contribution is -2.73. The van der Waals surface area contributed by atoms with E-state index in [1.165, 1.54) is 12.8 Å². The van der Waals surface area contributed by atoms with Crippen LogP contribution in [-0.2, 0) is 13.6 Å². The Morgan fingerprint density at radius 2 is 1.74 bits per heavy atom. The lowest BCUT2D eigenvalue weighted by atomic mass is 9.99. The summed E-state index contributed by atoms with van der Waals surface area (Å²) in [6, 6.07) is 1.37. The van der Waals surface area contributed by atoms with Crippen LogP contribution in [0.15, 0.2) is 0 Å². The molecule has 0 aliphatic carbocycles. The van der Waals surface area contributed by atoms with E-state index in [2.05, 4.69) is 19.2 Å². The number of methoxy groups -OCH3 is 1. The second kappa shape index (κ2) is 12.4. The number of nitrogens with one attached hydrogen (secondary N) is 1. The molecule has 0 aromatic rings. The average Bonchev–Trinajstić information content (AvgIpc) is 2.57. The van der Waals surface area contributed by atoms with Gasteiger partial charge < -0.3 is 24.0 Å². The van der Waals surface area contributed by atoms with Gasteiger partial charge in [0.05, 0.1) is 0 Å². The maximum Gasteiger partial charge on any atom is 0.372 e. The zero-order valence-corrected chi connectivity index (χ0v) is 17.1. The van der Waals surface area contributed by atoms with Crippen LogP contribution in [0.1, 0.15) is 59.3 Å². The van der Waals surface area contributed by atoms with Crippen molar-refractivity contribution in [3.63, 3.8) is 0 Å². The molecule has 0 bridgehead atoms. The third-order valence-electron chi connectivity index (χ3n) is 4.77.